The molecule has 38 heavy (non-hydrogen) atoms. The Labute approximate surface area is 222 Å². The summed E-state index contributed by atoms with van der Waals surface area (Å²) in [5.41, 5.74) is 6.40. The van der Waals surface area contributed by atoms with Crippen molar-refractivity contribution in [1.29, 1.82) is 0 Å². The number of benzene rings is 2. The first-order valence-electron chi connectivity index (χ1n) is 12.8. The van der Waals surface area contributed by atoms with Gasteiger partial charge in [-0.05, 0) is 61.6 Å². The van der Waals surface area contributed by atoms with Crippen LogP contribution in [0.4, 0.5) is 0 Å². The predicted molar refractivity (Wildman–Crippen MR) is 145 cm³/mol. The molecule has 0 spiro atoms. The zero-order valence-corrected chi connectivity index (χ0v) is 22.6. The van der Waals surface area contributed by atoms with E-state index < -0.39 is 18.0 Å². The van der Waals surface area contributed by atoms with Crippen LogP contribution in [-0.4, -0.2) is 70.6 Å². The standard InChI is InChI=1S/C29H35N5O4/c1-17-10-21(11-18(2)19(17)3)14-33(5)29(38)25(12-22-13-30-24-9-7-6-8-23(22)24)32-27(36)16-34-15-26(35)31-20(4)28(34)37/h6-11,13,20,25,30H,12,14-16H2,1-5H3,(H,31,35)(H,32,36). The van der Waals surface area contributed by atoms with E-state index in [-0.39, 0.29) is 37.2 Å². The van der Waals surface area contributed by atoms with Crippen molar-refractivity contribution < 1.29 is 19.2 Å². The van der Waals surface area contributed by atoms with Crippen LogP contribution in [0.5, 0.6) is 0 Å². The third-order valence-corrected chi connectivity index (χ3v) is 7.24. The van der Waals surface area contributed by atoms with Gasteiger partial charge >= 0.3 is 0 Å². The average molecular weight is 518 g/mol. The van der Waals surface area contributed by atoms with Crippen molar-refractivity contribution in [3.8, 4) is 0 Å². The zero-order valence-electron chi connectivity index (χ0n) is 22.6. The molecule has 4 amide bonds. The van der Waals surface area contributed by atoms with E-state index in [1.165, 1.54) is 10.5 Å². The van der Waals surface area contributed by atoms with Gasteiger partial charge in [0, 0.05) is 37.1 Å². The minimum absolute atomic E-state index is 0.191. The lowest BCUT2D eigenvalue weighted by molar-refractivity contribution is -0.146. The van der Waals surface area contributed by atoms with Gasteiger partial charge in [0.05, 0.1) is 0 Å². The molecule has 2 unspecified atom stereocenters. The highest BCUT2D eigenvalue weighted by Crippen LogP contribution is 2.21. The molecule has 0 aliphatic carbocycles. The van der Waals surface area contributed by atoms with Crippen molar-refractivity contribution in [2.24, 2.45) is 0 Å². The molecule has 2 heterocycles. The second-order valence-electron chi connectivity index (χ2n) is 10.2. The smallest absolute Gasteiger partial charge is 0.245 e. The molecule has 2 atom stereocenters. The number of aryl methyl sites for hydroxylation is 2. The third kappa shape index (κ3) is 5.88. The number of hydrogen-bond donors (Lipinski definition) is 3. The zero-order chi connectivity index (χ0) is 27.6. The number of carbonyl (C=O) groups is 4. The Morgan fingerprint density at radius 3 is 2.53 bits per heavy atom. The Kier molecular flexibility index (Phi) is 7.85. The molecular weight excluding hydrogens is 482 g/mol. The fourth-order valence-corrected chi connectivity index (χ4v) is 4.98. The van der Waals surface area contributed by atoms with Crippen molar-refractivity contribution in [3.63, 3.8) is 0 Å². The van der Waals surface area contributed by atoms with Gasteiger partial charge in [-0.2, -0.15) is 0 Å². The summed E-state index contributed by atoms with van der Waals surface area (Å²) in [6, 6.07) is 10.4. The molecule has 1 saturated heterocycles. The Hall–Kier alpha value is -4.14. The summed E-state index contributed by atoms with van der Waals surface area (Å²) in [4.78, 5) is 57.2. The van der Waals surface area contributed by atoms with E-state index >= 15 is 0 Å². The number of likely N-dealkylation sites (N-methyl/N-ethyl adjacent to an activating group) is 1. The van der Waals surface area contributed by atoms with E-state index in [1.807, 2.05) is 30.5 Å². The molecule has 1 aromatic heterocycles. The van der Waals surface area contributed by atoms with Crippen LogP contribution in [0.25, 0.3) is 10.9 Å². The number of H-pyrrole nitrogens is 1. The summed E-state index contributed by atoms with van der Waals surface area (Å²) >= 11 is 0. The van der Waals surface area contributed by atoms with Crippen molar-refractivity contribution in [2.75, 3.05) is 20.1 Å². The minimum Gasteiger partial charge on any atom is -0.361 e. The van der Waals surface area contributed by atoms with E-state index in [0.717, 1.165) is 33.2 Å². The molecule has 1 aliphatic rings. The summed E-state index contributed by atoms with van der Waals surface area (Å²) in [6.07, 6.45) is 2.12. The molecule has 0 saturated carbocycles. The quantitative estimate of drug-likeness (QED) is 0.425. The number of fused-ring (bicyclic) bond motifs is 1. The summed E-state index contributed by atoms with van der Waals surface area (Å²) in [6.45, 7) is 7.67. The number of aromatic nitrogens is 1. The normalized spacial score (nSPS) is 16.3. The van der Waals surface area contributed by atoms with Gasteiger partial charge in [-0.1, -0.05) is 30.3 Å². The van der Waals surface area contributed by atoms with Gasteiger partial charge in [0.1, 0.15) is 25.2 Å². The van der Waals surface area contributed by atoms with E-state index in [1.54, 1.807) is 18.9 Å². The van der Waals surface area contributed by atoms with Crippen LogP contribution >= 0.6 is 0 Å². The maximum Gasteiger partial charge on any atom is 0.245 e. The second kappa shape index (κ2) is 11.1. The fraction of sp³-hybridized carbons (Fsp3) is 0.379. The number of hydrogen-bond acceptors (Lipinski definition) is 4. The van der Waals surface area contributed by atoms with Crippen molar-refractivity contribution in [3.05, 3.63) is 70.4 Å². The van der Waals surface area contributed by atoms with Crippen LogP contribution in [0.1, 0.15) is 34.7 Å². The number of nitrogens with one attached hydrogen (secondary N) is 3. The lowest BCUT2D eigenvalue weighted by atomic mass is 10.00. The van der Waals surface area contributed by atoms with E-state index in [4.69, 9.17) is 0 Å². The topological polar surface area (TPSA) is 115 Å². The molecule has 2 aromatic carbocycles. The van der Waals surface area contributed by atoms with E-state index in [9.17, 15) is 19.2 Å². The number of rotatable bonds is 8. The van der Waals surface area contributed by atoms with Crippen molar-refractivity contribution >= 4 is 34.5 Å². The number of nitrogens with zero attached hydrogens (tertiary/aromatic N) is 2. The molecular formula is C29H35N5O4. The second-order valence-corrected chi connectivity index (χ2v) is 10.2. The molecule has 0 bridgehead atoms. The van der Waals surface area contributed by atoms with Gasteiger partial charge in [-0.25, -0.2) is 0 Å². The Bertz CT molecular complexity index is 1370. The molecule has 9 nitrogen and oxygen atoms in total. The van der Waals surface area contributed by atoms with Crippen LogP contribution in [0.2, 0.25) is 0 Å². The lowest BCUT2D eigenvalue weighted by Crippen LogP contribution is -2.59. The molecule has 0 radical (unpaired) electrons. The largest absolute Gasteiger partial charge is 0.361 e. The molecule has 3 N–H and O–H groups in total. The number of piperazine rings is 1. The third-order valence-electron chi connectivity index (χ3n) is 7.24. The first-order valence-corrected chi connectivity index (χ1v) is 12.8. The van der Waals surface area contributed by atoms with E-state index in [2.05, 4.69) is 48.5 Å². The van der Waals surface area contributed by atoms with Crippen molar-refractivity contribution in [2.45, 2.75) is 52.7 Å². The van der Waals surface area contributed by atoms with Crippen LogP contribution in [-0.2, 0) is 32.1 Å². The van der Waals surface area contributed by atoms with Gasteiger partial charge < -0.3 is 25.4 Å². The van der Waals surface area contributed by atoms with Gasteiger partial charge in [0.2, 0.25) is 23.6 Å². The summed E-state index contributed by atoms with van der Waals surface area (Å²) in [5, 5.41) is 6.38. The van der Waals surface area contributed by atoms with Crippen LogP contribution in [0, 0.1) is 20.8 Å². The molecule has 9 heteroatoms. The highest BCUT2D eigenvalue weighted by atomic mass is 16.2. The minimum atomic E-state index is -0.856. The van der Waals surface area contributed by atoms with Gasteiger partial charge in [-0.15, -0.1) is 0 Å². The number of aromatic amines is 1. The molecule has 3 aromatic rings. The summed E-state index contributed by atoms with van der Waals surface area (Å²) < 4.78 is 0. The Morgan fingerprint density at radius 1 is 1.13 bits per heavy atom. The molecule has 1 fully saturated rings. The molecule has 200 valence electrons. The summed E-state index contributed by atoms with van der Waals surface area (Å²) in [5.74, 6) is -1.38. The lowest BCUT2D eigenvalue weighted by Gasteiger charge is -2.31. The first-order chi connectivity index (χ1) is 18.0. The van der Waals surface area contributed by atoms with Gasteiger partial charge in [0.25, 0.3) is 0 Å². The summed E-state index contributed by atoms with van der Waals surface area (Å²) in [7, 11) is 1.72. The van der Waals surface area contributed by atoms with E-state index in [0.29, 0.717) is 6.54 Å². The van der Waals surface area contributed by atoms with Crippen LogP contribution in [0.3, 0.4) is 0 Å². The number of para-hydroxylation sites is 1. The Morgan fingerprint density at radius 2 is 1.82 bits per heavy atom. The Balaban J connectivity index is 1.54. The monoisotopic (exact) mass is 517 g/mol. The van der Waals surface area contributed by atoms with Crippen LogP contribution in [0.15, 0.2) is 42.6 Å². The van der Waals surface area contributed by atoms with Gasteiger partial charge in [0.15, 0.2) is 0 Å². The maximum atomic E-state index is 13.7. The van der Waals surface area contributed by atoms with Gasteiger partial charge in [-0.3, -0.25) is 19.2 Å². The predicted octanol–water partition coefficient (Wildman–Crippen LogP) is 2.13. The maximum absolute atomic E-state index is 13.7. The average Bonchev–Trinajstić information content (AvgIpc) is 3.27. The molecule has 1 aliphatic heterocycles. The van der Waals surface area contributed by atoms with Crippen molar-refractivity contribution in [1.82, 2.24) is 25.4 Å². The number of carbonyl (C=O) groups excluding carboxylic acids is 4. The number of amides is 4. The highest BCUT2D eigenvalue weighted by molar-refractivity contribution is 5.97. The molecule has 4 rings (SSSR count). The highest BCUT2D eigenvalue weighted by Gasteiger charge is 2.32. The van der Waals surface area contributed by atoms with Crippen LogP contribution < -0.4 is 10.6 Å². The fourth-order valence-electron chi connectivity index (χ4n) is 4.98. The SMILES string of the molecule is Cc1cc(CN(C)C(=O)C(Cc2c[nH]c3ccccc23)NC(=O)CN2CC(=O)NC(C)C2=O)cc(C)c1C. The first kappa shape index (κ1) is 26.9.